The lowest BCUT2D eigenvalue weighted by Crippen LogP contribution is -2.05. The van der Waals surface area contributed by atoms with Gasteiger partial charge in [-0.3, -0.25) is 4.79 Å². The molecule has 0 aliphatic rings. The monoisotopic (exact) mass is 302 g/mol. The molecule has 2 rings (SSSR count). The smallest absolute Gasteiger partial charge is 0.221 e. The summed E-state index contributed by atoms with van der Waals surface area (Å²) in [5, 5.41) is 2.74. The number of nitrogens with two attached hydrogens (primary N) is 1. The summed E-state index contributed by atoms with van der Waals surface area (Å²) in [5.41, 5.74) is 7.26. The zero-order valence-corrected chi connectivity index (χ0v) is 12.7. The Morgan fingerprint density at radius 1 is 1.19 bits per heavy atom. The molecule has 0 fully saturated rings. The minimum Gasteiger partial charge on any atom is -0.491 e. The Morgan fingerprint density at radius 2 is 1.90 bits per heavy atom. The Hall–Kier alpha value is -2.14. The van der Waals surface area contributed by atoms with Crippen LogP contribution < -0.4 is 15.8 Å². The predicted molar refractivity (Wildman–Crippen MR) is 87.8 cm³/mol. The summed E-state index contributed by atoms with van der Waals surface area (Å²) in [6, 6.07) is 15.2. The summed E-state index contributed by atoms with van der Waals surface area (Å²) in [5.74, 6) is 1.48. The molecule has 0 aromatic heterocycles. The van der Waals surface area contributed by atoms with Gasteiger partial charge in [-0.1, -0.05) is 12.1 Å². The van der Waals surface area contributed by atoms with E-state index in [2.05, 4.69) is 5.32 Å². The minimum atomic E-state index is -0.0655. The molecular weight excluding hydrogens is 284 g/mol. The van der Waals surface area contributed by atoms with Crippen LogP contribution in [0, 0.1) is 0 Å². The summed E-state index contributed by atoms with van der Waals surface area (Å²) < 4.78 is 5.63. The molecule has 2 aromatic rings. The normalized spacial score (nSPS) is 10.1. The molecule has 0 bridgehead atoms. The van der Waals surface area contributed by atoms with E-state index >= 15 is 0 Å². The highest BCUT2D eigenvalue weighted by molar-refractivity contribution is 7.99. The number of anilines is 2. The molecule has 3 N–H and O–H groups in total. The second-order valence-corrected chi connectivity index (χ2v) is 5.61. The number of amides is 1. The van der Waals surface area contributed by atoms with Crippen molar-refractivity contribution in [3.05, 3.63) is 48.5 Å². The molecule has 0 aliphatic carbocycles. The van der Waals surface area contributed by atoms with Crippen molar-refractivity contribution < 1.29 is 9.53 Å². The van der Waals surface area contributed by atoms with E-state index in [4.69, 9.17) is 10.5 Å². The predicted octanol–water partition coefficient (Wildman–Crippen LogP) is 3.40. The number of nitrogens with one attached hydrogen (secondary N) is 1. The van der Waals surface area contributed by atoms with E-state index in [0.717, 1.165) is 22.1 Å². The van der Waals surface area contributed by atoms with Gasteiger partial charge in [0.25, 0.3) is 0 Å². The third kappa shape index (κ3) is 5.04. The van der Waals surface area contributed by atoms with Gasteiger partial charge < -0.3 is 15.8 Å². The maximum atomic E-state index is 10.9. The maximum Gasteiger partial charge on any atom is 0.221 e. The van der Waals surface area contributed by atoms with Gasteiger partial charge in [0.15, 0.2) is 0 Å². The number of thioether (sulfide) groups is 1. The third-order valence-electron chi connectivity index (χ3n) is 2.70. The van der Waals surface area contributed by atoms with Crippen LogP contribution in [0.1, 0.15) is 6.92 Å². The molecule has 0 heterocycles. The van der Waals surface area contributed by atoms with Gasteiger partial charge in [-0.25, -0.2) is 0 Å². The molecule has 2 aromatic carbocycles. The molecule has 5 heteroatoms. The highest BCUT2D eigenvalue weighted by Crippen LogP contribution is 2.22. The lowest BCUT2D eigenvalue weighted by molar-refractivity contribution is -0.114. The molecule has 21 heavy (non-hydrogen) atoms. The number of nitrogen functional groups attached to an aromatic ring is 1. The summed E-state index contributed by atoms with van der Waals surface area (Å²) in [4.78, 5) is 12.1. The zero-order valence-electron chi connectivity index (χ0n) is 11.8. The van der Waals surface area contributed by atoms with E-state index in [1.165, 1.54) is 6.92 Å². The van der Waals surface area contributed by atoms with Crippen LogP contribution in [-0.4, -0.2) is 18.3 Å². The van der Waals surface area contributed by atoms with E-state index in [1.54, 1.807) is 11.8 Å². The second kappa shape index (κ2) is 7.59. The summed E-state index contributed by atoms with van der Waals surface area (Å²) in [6.07, 6.45) is 0. The number of ether oxygens (including phenoxy) is 1. The summed E-state index contributed by atoms with van der Waals surface area (Å²) in [6.45, 7) is 2.08. The van der Waals surface area contributed by atoms with Crippen LogP contribution in [0.2, 0.25) is 0 Å². The SMILES string of the molecule is CC(=O)Nc1ccc(SCCOc2ccccc2N)cc1. The lowest BCUT2D eigenvalue weighted by Gasteiger charge is -2.08. The van der Waals surface area contributed by atoms with Gasteiger partial charge in [0, 0.05) is 23.3 Å². The fourth-order valence-corrected chi connectivity index (χ4v) is 2.49. The van der Waals surface area contributed by atoms with Gasteiger partial charge in [-0.05, 0) is 36.4 Å². The van der Waals surface area contributed by atoms with Crippen LogP contribution >= 0.6 is 11.8 Å². The van der Waals surface area contributed by atoms with Gasteiger partial charge in [0.1, 0.15) is 5.75 Å². The van der Waals surface area contributed by atoms with Crippen molar-refractivity contribution in [2.24, 2.45) is 0 Å². The van der Waals surface area contributed by atoms with Crippen LogP contribution in [0.5, 0.6) is 5.75 Å². The number of para-hydroxylation sites is 2. The number of carbonyl (C=O) groups excluding carboxylic acids is 1. The van der Waals surface area contributed by atoms with Crippen molar-refractivity contribution in [3.8, 4) is 5.75 Å². The number of rotatable bonds is 6. The summed E-state index contributed by atoms with van der Waals surface area (Å²) in [7, 11) is 0. The molecule has 0 spiro atoms. The van der Waals surface area contributed by atoms with E-state index in [9.17, 15) is 4.79 Å². The topological polar surface area (TPSA) is 64.3 Å². The van der Waals surface area contributed by atoms with E-state index in [-0.39, 0.29) is 5.91 Å². The molecule has 0 saturated carbocycles. The van der Waals surface area contributed by atoms with E-state index in [0.29, 0.717) is 12.3 Å². The third-order valence-corrected chi connectivity index (χ3v) is 3.68. The highest BCUT2D eigenvalue weighted by Gasteiger charge is 2.00. The number of hydrogen-bond donors (Lipinski definition) is 2. The van der Waals surface area contributed by atoms with Gasteiger partial charge in [0.05, 0.1) is 12.3 Å². The van der Waals surface area contributed by atoms with Gasteiger partial charge in [-0.15, -0.1) is 11.8 Å². The van der Waals surface area contributed by atoms with Crippen LogP contribution in [0.15, 0.2) is 53.4 Å². The fraction of sp³-hybridized carbons (Fsp3) is 0.188. The van der Waals surface area contributed by atoms with E-state index < -0.39 is 0 Å². The standard InChI is InChI=1S/C16H18N2O2S/c1-12(19)18-13-6-8-14(9-7-13)21-11-10-20-16-5-3-2-4-15(16)17/h2-9H,10-11,17H2,1H3,(H,18,19). The first-order valence-corrected chi connectivity index (χ1v) is 7.61. The maximum absolute atomic E-state index is 10.9. The first-order chi connectivity index (χ1) is 10.1. The van der Waals surface area contributed by atoms with Gasteiger partial charge >= 0.3 is 0 Å². The Kier molecular flexibility index (Phi) is 5.51. The molecular formula is C16H18N2O2S. The first kappa shape index (κ1) is 15.3. The fourth-order valence-electron chi connectivity index (χ4n) is 1.76. The van der Waals surface area contributed by atoms with E-state index in [1.807, 2.05) is 48.5 Å². The van der Waals surface area contributed by atoms with Crippen molar-refractivity contribution in [1.29, 1.82) is 0 Å². The molecule has 110 valence electrons. The van der Waals surface area contributed by atoms with Crippen molar-refractivity contribution in [2.45, 2.75) is 11.8 Å². The Bertz CT molecular complexity index is 599. The number of hydrogen-bond acceptors (Lipinski definition) is 4. The largest absolute Gasteiger partial charge is 0.491 e. The Morgan fingerprint density at radius 3 is 2.57 bits per heavy atom. The molecule has 0 atom stereocenters. The first-order valence-electron chi connectivity index (χ1n) is 6.63. The highest BCUT2D eigenvalue weighted by atomic mass is 32.2. The summed E-state index contributed by atoms with van der Waals surface area (Å²) >= 11 is 1.69. The zero-order chi connectivity index (χ0) is 15.1. The number of carbonyl (C=O) groups is 1. The van der Waals surface area contributed by atoms with Crippen molar-refractivity contribution >= 4 is 29.0 Å². The van der Waals surface area contributed by atoms with Gasteiger partial charge in [0.2, 0.25) is 5.91 Å². The minimum absolute atomic E-state index is 0.0655. The molecule has 1 amide bonds. The van der Waals surface area contributed by atoms with Crippen LogP contribution in [0.4, 0.5) is 11.4 Å². The average Bonchev–Trinajstić information content (AvgIpc) is 2.46. The van der Waals surface area contributed by atoms with Gasteiger partial charge in [-0.2, -0.15) is 0 Å². The molecule has 0 saturated heterocycles. The van der Waals surface area contributed by atoms with Crippen molar-refractivity contribution in [1.82, 2.24) is 0 Å². The Labute approximate surface area is 128 Å². The van der Waals surface area contributed by atoms with Crippen molar-refractivity contribution in [3.63, 3.8) is 0 Å². The average molecular weight is 302 g/mol. The lowest BCUT2D eigenvalue weighted by atomic mass is 10.3. The number of benzene rings is 2. The van der Waals surface area contributed by atoms with Crippen LogP contribution in [-0.2, 0) is 4.79 Å². The Balaban J connectivity index is 1.76. The quantitative estimate of drug-likeness (QED) is 0.487. The van der Waals surface area contributed by atoms with Crippen LogP contribution in [0.3, 0.4) is 0 Å². The van der Waals surface area contributed by atoms with Crippen LogP contribution in [0.25, 0.3) is 0 Å². The van der Waals surface area contributed by atoms with Crippen molar-refractivity contribution in [2.75, 3.05) is 23.4 Å². The molecule has 0 radical (unpaired) electrons. The molecule has 0 unspecified atom stereocenters. The molecule has 4 nitrogen and oxygen atoms in total. The molecule has 0 aliphatic heterocycles. The second-order valence-electron chi connectivity index (χ2n) is 4.44.